The van der Waals surface area contributed by atoms with E-state index in [-0.39, 0.29) is 17.6 Å². The van der Waals surface area contributed by atoms with Gasteiger partial charge in [-0.1, -0.05) is 0 Å². The van der Waals surface area contributed by atoms with E-state index in [1.54, 1.807) is 20.0 Å². The maximum absolute atomic E-state index is 11.9. The predicted octanol–water partition coefficient (Wildman–Crippen LogP) is 1.21. The zero-order valence-corrected chi connectivity index (χ0v) is 8.53. The Kier molecular flexibility index (Phi) is 2.00. The number of ether oxygens (including phenoxy) is 2. The molecule has 1 N–H and O–H groups in total. The van der Waals surface area contributed by atoms with Crippen molar-refractivity contribution in [3.8, 4) is 11.5 Å². The first-order chi connectivity index (χ1) is 7.93. The van der Waals surface area contributed by atoms with Crippen LogP contribution >= 0.6 is 0 Å². The van der Waals surface area contributed by atoms with Gasteiger partial charge in [0, 0.05) is 5.56 Å². The molecule has 1 heterocycles. The van der Waals surface area contributed by atoms with Crippen LogP contribution in [-0.2, 0) is 0 Å². The Bertz CT molecular complexity index is 462. The number of rotatable bonds is 3. The molecule has 0 amide bonds. The second kappa shape index (κ2) is 3.90. The van der Waals surface area contributed by atoms with Crippen molar-refractivity contribution in [2.24, 2.45) is 0 Å². The van der Waals surface area contributed by atoms with Crippen LogP contribution in [0.25, 0.3) is 0 Å². The lowest BCUT2D eigenvalue weighted by Crippen LogP contribution is -2.30. The quantitative estimate of drug-likeness (QED) is 0.760. The molecule has 0 aromatic heterocycles. The van der Waals surface area contributed by atoms with E-state index >= 15 is 0 Å². The number of benzene rings is 1. The fourth-order valence-corrected chi connectivity index (χ4v) is 1.32. The van der Waals surface area contributed by atoms with Gasteiger partial charge >= 0.3 is 0 Å². The van der Waals surface area contributed by atoms with Gasteiger partial charge in [0.1, 0.15) is 2.74 Å². The van der Waals surface area contributed by atoms with Crippen molar-refractivity contribution >= 4 is 5.78 Å². The van der Waals surface area contributed by atoms with Gasteiger partial charge in [0.05, 0.1) is 6.04 Å². The largest absolute Gasteiger partial charge is 0.454 e. The van der Waals surface area contributed by atoms with Crippen LogP contribution in [0.1, 0.15) is 20.0 Å². The molecule has 1 aromatic carbocycles. The van der Waals surface area contributed by atoms with Crippen LogP contribution in [0.2, 0.25) is 0 Å². The SMILES string of the molecule is [2H]C1([2H])Oc2ccc(C(=O)[C@@H](C)NC)cc2O1. The molecule has 1 aliphatic heterocycles. The molecule has 0 unspecified atom stereocenters. The number of hydrogen-bond donors (Lipinski definition) is 1. The van der Waals surface area contributed by atoms with Crippen LogP contribution in [0.15, 0.2) is 18.2 Å². The molecule has 4 nitrogen and oxygen atoms in total. The summed E-state index contributed by atoms with van der Waals surface area (Å²) in [4.78, 5) is 11.9. The molecule has 0 saturated heterocycles. The first-order valence-electron chi connectivity index (χ1n) is 5.66. The zero-order valence-electron chi connectivity index (χ0n) is 10.5. The Morgan fingerprint density at radius 2 is 2.27 bits per heavy atom. The summed E-state index contributed by atoms with van der Waals surface area (Å²) in [5.41, 5.74) is 0.465. The molecule has 0 radical (unpaired) electrons. The van der Waals surface area contributed by atoms with Crippen molar-refractivity contribution in [2.45, 2.75) is 13.0 Å². The molecule has 1 atom stereocenters. The Morgan fingerprint density at radius 3 is 3.00 bits per heavy atom. The van der Waals surface area contributed by atoms with Gasteiger partial charge in [-0.05, 0) is 32.2 Å². The Hall–Kier alpha value is -1.55. The summed E-state index contributed by atoms with van der Waals surface area (Å²) in [7, 11) is 1.70. The first kappa shape index (κ1) is 7.70. The third kappa shape index (κ3) is 1.80. The average molecular weight is 209 g/mol. The highest BCUT2D eigenvalue weighted by molar-refractivity contribution is 6.00. The third-order valence-electron chi connectivity index (χ3n) is 2.36. The van der Waals surface area contributed by atoms with Crippen molar-refractivity contribution in [1.29, 1.82) is 0 Å². The molecule has 0 bridgehead atoms. The highest BCUT2D eigenvalue weighted by atomic mass is 16.7. The summed E-state index contributed by atoms with van der Waals surface area (Å²) in [6.07, 6.45) is 0. The topological polar surface area (TPSA) is 47.6 Å². The Balaban J connectivity index is 2.28. The number of carbonyl (C=O) groups excluding carboxylic acids is 1. The van der Waals surface area contributed by atoms with E-state index in [1.807, 2.05) is 0 Å². The van der Waals surface area contributed by atoms with Gasteiger partial charge in [0.15, 0.2) is 17.3 Å². The van der Waals surface area contributed by atoms with E-state index in [0.29, 0.717) is 11.3 Å². The number of ketones is 1. The van der Waals surface area contributed by atoms with Gasteiger partial charge < -0.3 is 14.8 Å². The fourth-order valence-electron chi connectivity index (χ4n) is 1.32. The zero-order chi connectivity index (χ0) is 12.6. The van der Waals surface area contributed by atoms with Crippen LogP contribution in [0, 0.1) is 0 Å². The molecule has 0 fully saturated rings. The lowest BCUT2D eigenvalue weighted by atomic mass is 10.1. The maximum Gasteiger partial charge on any atom is 0.231 e. The average Bonchev–Trinajstić information content (AvgIpc) is 2.59. The van der Waals surface area contributed by atoms with E-state index < -0.39 is 6.75 Å². The van der Waals surface area contributed by atoms with Crippen LogP contribution in [-0.4, -0.2) is 25.6 Å². The van der Waals surface area contributed by atoms with Crippen LogP contribution in [0.4, 0.5) is 0 Å². The molecule has 80 valence electrons. The summed E-state index contributed by atoms with van der Waals surface area (Å²) in [5.74, 6) is 0.485. The smallest absolute Gasteiger partial charge is 0.231 e. The minimum atomic E-state index is -2.15. The minimum absolute atomic E-state index is 0.0774. The summed E-state index contributed by atoms with van der Waals surface area (Å²) >= 11 is 0. The molecule has 4 heteroatoms. The van der Waals surface area contributed by atoms with E-state index in [2.05, 4.69) is 5.32 Å². The molecule has 1 aliphatic rings. The summed E-state index contributed by atoms with van der Waals surface area (Å²) in [5, 5.41) is 2.85. The Labute approximate surface area is 91.0 Å². The van der Waals surface area contributed by atoms with Crippen molar-refractivity contribution < 1.29 is 17.0 Å². The number of carbonyl (C=O) groups is 1. The van der Waals surface area contributed by atoms with E-state index in [1.165, 1.54) is 12.1 Å². The fraction of sp³-hybridized carbons (Fsp3) is 0.364. The second-order valence-corrected chi connectivity index (χ2v) is 3.32. The monoisotopic (exact) mass is 209 g/mol. The van der Waals surface area contributed by atoms with Crippen LogP contribution < -0.4 is 14.8 Å². The molecule has 0 aliphatic carbocycles. The van der Waals surface area contributed by atoms with Gasteiger partial charge in [0.2, 0.25) is 6.75 Å². The normalized spacial score (nSPS) is 20.4. The van der Waals surface area contributed by atoms with Gasteiger partial charge in [-0.2, -0.15) is 0 Å². The molecule has 1 aromatic rings. The number of Topliss-reactive ketones (excluding diaryl/α,β-unsaturated/α-hetero) is 1. The van der Waals surface area contributed by atoms with E-state index in [0.717, 1.165) is 0 Å². The molecule has 0 spiro atoms. The highest BCUT2D eigenvalue weighted by Crippen LogP contribution is 2.32. The Morgan fingerprint density at radius 1 is 1.53 bits per heavy atom. The lowest BCUT2D eigenvalue weighted by molar-refractivity contribution is 0.0954. The van der Waals surface area contributed by atoms with Gasteiger partial charge in [-0.3, -0.25) is 4.79 Å². The standard InChI is InChI=1S/C11H13NO3/c1-7(12-2)11(13)8-3-4-9-10(5-8)15-6-14-9/h3-5,7,12H,6H2,1-2H3/t7-/m1/s1/i6D2. The summed E-state index contributed by atoms with van der Waals surface area (Å²) in [6, 6.07) is 4.33. The molecular formula is C11H13NO3. The molecular weight excluding hydrogens is 194 g/mol. The van der Waals surface area contributed by atoms with Crippen LogP contribution in [0.3, 0.4) is 0 Å². The van der Waals surface area contributed by atoms with Crippen molar-refractivity contribution in [3.63, 3.8) is 0 Å². The lowest BCUT2D eigenvalue weighted by Gasteiger charge is -2.09. The maximum atomic E-state index is 11.9. The van der Waals surface area contributed by atoms with Crippen molar-refractivity contribution in [1.82, 2.24) is 5.32 Å². The summed E-state index contributed by atoms with van der Waals surface area (Å²) in [6.45, 7) is -0.398. The van der Waals surface area contributed by atoms with Gasteiger partial charge in [-0.25, -0.2) is 0 Å². The first-order valence-corrected chi connectivity index (χ1v) is 4.66. The van der Waals surface area contributed by atoms with Crippen LogP contribution in [0.5, 0.6) is 11.5 Å². The van der Waals surface area contributed by atoms with Crippen molar-refractivity contribution in [2.75, 3.05) is 13.8 Å². The minimum Gasteiger partial charge on any atom is -0.454 e. The second-order valence-electron chi connectivity index (χ2n) is 3.32. The predicted molar refractivity (Wildman–Crippen MR) is 55.4 cm³/mol. The molecule has 0 saturated carbocycles. The van der Waals surface area contributed by atoms with Crippen molar-refractivity contribution in [3.05, 3.63) is 23.8 Å². The summed E-state index contributed by atoms with van der Waals surface area (Å²) < 4.78 is 24.4. The number of hydrogen-bond acceptors (Lipinski definition) is 4. The van der Waals surface area contributed by atoms with Gasteiger partial charge in [0.25, 0.3) is 0 Å². The molecule has 15 heavy (non-hydrogen) atoms. The van der Waals surface area contributed by atoms with E-state index in [4.69, 9.17) is 12.2 Å². The third-order valence-corrected chi connectivity index (χ3v) is 2.36. The number of fused-ring (bicyclic) bond motifs is 1. The van der Waals surface area contributed by atoms with Gasteiger partial charge in [-0.15, -0.1) is 0 Å². The highest BCUT2D eigenvalue weighted by Gasteiger charge is 2.18. The number of likely N-dealkylation sites (N-methyl/N-ethyl adjacent to an activating group) is 1. The number of nitrogens with one attached hydrogen (secondary N) is 1. The molecule has 2 rings (SSSR count). The van der Waals surface area contributed by atoms with E-state index in [9.17, 15) is 4.79 Å².